The van der Waals surface area contributed by atoms with Crippen molar-refractivity contribution in [3.63, 3.8) is 0 Å². The predicted molar refractivity (Wildman–Crippen MR) is 149 cm³/mol. The molecular formula is C30H28BrN3O4. The van der Waals surface area contributed by atoms with Crippen molar-refractivity contribution in [3.8, 4) is 11.5 Å². The van der Waals surface area contributed by atoms with E-state index in [0.29, 0.717) is 47.0 Å². The Balaban J connectivity index is 1.61. The van der Waals surface area contributed by atoms with Crippen LogP contribution in [0.1, 0.15) is 42.7 Å². The lowest BCUT2D eigenvalue weighted by Crippen LogP contribution is -2.37. The summed E-state index contributed by atoms with van der Waals surface area (Å²) in [6.07, 6.45) is 2.65. The van der Waals surface area contributed by atoms with Crippen LogP contribution in [-0.4, -0.2) is 30.9 Å². The molecule has 1 aromatic heterocycles. The van der Waals surface area contributed by atoms with Crippen LogP contribution in [0.15, 0.2) is 93.9 Å². The van der Waals surface area contributed by atoms with Crippen molar-refractivity contribution in [2.75, 3.05) is 19.5 Å². The van der Waals surface area contributed by atoms with Crippen molar-refractivity contribution < 1.29 is 19.1 Å². The molecule has 0 saturated heterocycles. The number of dihydropyridines is 1. The predicted octanol–water partition coefficient (Wildman–Crippen LogP) is 5.86. The maximum absolute atomic E-state index is 13.9. The van der Waals surface area contributed by atoms with E-state index in [0.717, 1.165) is 21.3 Å². The Morgan fingerprint density at radius 2 is 1.84 bits per heavy atom. The number of methoxy groups -OCH3 is 2. The molecule has 0 unspecified atom stereocenters. The summed E-state index contributed by atoms with van der Waals surface area (Å²) in [6, 6.07) is 19.1. The molecule has 2 N–H and O–H groups in total. The minimum Gasteiger partial charge on any atom is -0.497 e. The Bertz CT molecular complexity index is 1450. The van der Waals surface area contributed by atoms with Gasteiger partial charge in [0.15, 0.2) is 5.78 Å². The Kier molecular flexibility index (Phi) is 7.33. The van der Waals surface area contributed by atoms with Crippen molar-refractivity contribution in [3.05, 3.63) is 105 Å². The van der Waals surface area contributed by atoms with Crippen LogP contribution in [0, 0.1) is 0 Å². The van der Waals surface area contributed by atoms with E-state index >= 15 is 0 Å². The Hall–Kier alpha value is -3.91. The van der Waals surface area contributed by atoms with E-state index in [4.69, 9.17) is 9.47 Å². The molecule has 8 heteroatoms. The van der Waals surface area contributed by atoms with Crippen LogP contribution in [0.3, 0.4) is 0 Å². The van der Waals surface area contributed by atoms with E-state index in [-0.39, 0.29) is 17.6 Å². The number of hydrogen-bond acceptors (Lipinski definition) is 6. The molecule has 1 aliphatic heterocycles. The number of allylic oxidation sites excluding steroid dienone is 3. The number of amides is 1. The van der Waals surface area contributed by atoms with Gasteiger partial charge in [0.05, 0.1) is 20.1 Å². The molecule has 2 aromatic carbocycles. The van der Waals surface area contributed by atoms with Gasteiger partial charge in [0, 0.05) is 51.3 Å². The van der Waals surface area contributed by atoms with E-state index in [1.807, 2.05) is 43.3 Å². The number of halogens is 1. The van der Waals surface area contributed by atoms with Crippen LogP contribution >= 0.6 is 15.9 Å². The van der Waals surface area contributed by atoms with Crippen LogP contribution in [-0.2, 0) is 9.59 Å². The zero-order chi connectivity index (χ0) is 26.8. The molecule has 2 heterocycles. The lowest BCUT2D eigenvalue weighted by atomic mass is 9.71. The summed E-state index contributed by atoms with van der Waals surface area (Å²) in [4.78, 5) is 31.9. The first kappa shape index (κ1) is 25.7. The standard InChI is InChI=1S/C30H28BrN3O4/c1-17-27(30(36)34-26-12-9-20(31)16-32-26)28(22-11-10-21(37-2)15-25(22)38-3)29-23(33-17)13-19(14-24(29)35)18-7-5-4-6-8-18/h4-12,15-16,19,28,33H,13-14H2,1-3H3,(H,32,34,36)/t19-,28+/m0/s1. The van der Waals surface area contributed by atoms with Crippen molar-refractivity contribution in [2.24, 2.45) is 0 Å². The highest BCUT2D eigenvalue weighted by atomic mass is 79.9. The number of hydrogen-bond donors (Lipinski definition) is 2. The zero-order valence-electron chi connectivity index (χ0n) is 21.4. The van der Waals surface area contributed by atoms with Gasteiger partial charge in [0.1, 0.15) is 17.3 Å². The van der Waals surface area contributed by atoms with Crippen LogP contribution in [0.25, 0.3) is 0 Å². The number of benzene rings is 2. The molecule has 0 fully saturated rings. The van der Waals surface area contributed by atoms with Crippen molar-refractivity contribution in [1.29, 1.82) is 0 Å². The molecule has 2 atom stereocenters. The first-order valence-corrected chi connectivity index (χ1v) is 13.1. The number of nitrogens with one attached hydrogen (secondary N) is 2. The molecule has 3 aromatic rings. The van der Waals surface area contributed by atoms with E-state index in [1.54, 1.807) is 32.5 Å². The first-order chi connectivity index (χ1) is 18.4. The molecule has 1 amide bonds. The molecule has 0 radical (unpaired) electrons. The van der Waals surface area contributed by atoms with Gasteiger partial charge in [-0.3, -0.25) is 9.59 Å². The fraction of sp³-hybridized carbons (Fsp3) is 0.233. The highest BCUT2D eigenvalue weighted by molar-refractivity contribution is 9.10. The molecule has 7 nitrogen and oxygen atoms in total. The van der Waals surface area contributed by atoms with Crippen LogP contribution in [0.5, 0.6) is 11.5 Å². The fourth-order valence-electron chi connectivity index (χ4n) is 5.30. The molecule has 2 aliphatic rings. The molecule has 5 rings (SSSR count). The number of nitrogens with zero attached hydrogens (tertiary/aromatic N) is 1. The van der Waals surface area contributed by atoms with Gasteiger partial charge in [-0.1, -0.05) is 36.4 Å². The fourth-order valence-corrected chi connectivity index (χ4v) is 5.54. The Morgan fingerprint density at radius 1 is 1.05 bits per heavy atom. The molecular weight excluding hydrogens is 546 g/mol. The second kappa shape index (κ2) is 10.8. The lowest BCUT2D eigenvalue weighted by molar-refractivity contribution is -0.116. The second-order valence-corrected chi connectivity index (χ2v) is 10.3. The van der Waals surface area contributed by atoms with Crippen molar-refractivity contribution in [2.45, 2.75) is 31.6 Å². The third kappa shape index (κ3) is 4.96. The Morgan fingerprint density at radius 3 is 2.53 bits per heavy atom. The molecule has 0 spiro atoms. The summed E-state index contributed by atoms with van der Waals surface area (Å²) >= 11 is 3.37. The number of anilines is 1. The topological polar surface area (TPSA) is 89.5 Å². The van der Waals surface area contributed by atoms with Crippen LogP contribution in [0.4, 0.5) is 5.82 Å². The number of carbonyl (C=O) groups is 2. The maximum atomic E-state index is 13.9. The second-order valence-electron chi connectivity index (χ2n) is 9.35. The molecule has 38 heavy (non-hydrogen) atoms. The number of ketones is 1. The minimum atomic E-state index is -0.619. The van der Waals surface area contributed by atoms with Crippen LogP contribution < -0.4 is 20.1 Å². The average molecular weight is 574 g/mol. The SMILES string of the molecule is COc1ccc([C@@H]2C(C(=O)Nc3ccc(Br)cn3)=C(C)NC3=C2C(=O)C[C@@H](c2ccccc2)C3)c(OC)c1. The van der Waals surface area contributed by atoms with E-state index in [2.05, 4.69) is 43.7 Å². The van der Waals surface area contributed by atoms with Gasteiger partial charge in [0.2, 0.25) is 0 Å². The van der Waals surface area contributed by atoms with Gasteiger partial charge in [-0.05, 0) is 59.0 Å². The van der Waals surface area contributed by atoms with Crippen molar-refractivity contribution in [1.82, 2.24) is 10.3 Å². The minimum absolute atomic E-state index is 0.00930. The van der Waals surface area contributed by atoms with Gasteiger partial charge < -0.3 is 20.1 Å². The normalized spacial score (nSPS) is 19.0. The Labute approximate surface area is 230 Å². The maximum Gasteiger partial charge on any atom is 0.255 e. The molecule has 1 aliphatic carbocycles. The number of rotatable bonds is 6. The number of pyridine rings is 1. The summed E-state index contributed by atoms with van der Waals surface area (Å²) in [5.74, 6) is 0.694. The lowest BCUT2D eigenvalue weighted by Gasteiger charge is -2.37. The average Bonchev–Trinajstić information content (AvgIpc) is 2.93. The van der Waals surface area contributed by atoms with Gasteiger partial charge in [-0.2, -0.15) is 0 Å². The third-order valence-electron chi connectivity index (χ3n) is 7.06. The van der Waals surface area contributed by atoms with Gasteiger partial charge in [0.25, 0.3) is 5.91 Å². The monoisotopic (exact) mass is 573 g/mol. The van der Waals surface area contributed by atoms with Gasteiger partial charge in [-0.25, -0.2) is 4.98 Å². The van der Waals surface area contributed by atoms with E-state index in [9.17, 15) is 9.59 Å². The number of aromatic nitrogens is 1. The largest absolute Gasteiger partial charge is 0.497 e. The van der Waals surface area contributed by atoms with E-state index < -0.39 is 5.92 Å². The molecule has 0 saturated carbocycles. The first-order valence-electron chi connectivity index (χ1n) is 12.3. The van der Waals surface area contributed by atoms with E-state index in [1.165, 1.54) is 0 Å². The zero-order valence-corrected chi connectivity index (χ0v) is 23.0. The van der Waals surface area contributed by atoms with Gasteiger partial charge >= 0.3 is 0 Å². The summed E-state index contributed by atoms with van der Waals surface area (Å²) in [5, 5.41) is 6.32. The third-order valence-corrected chi connectivity index (χ3v) is 7.53. The summed E-state index contributed by atoms with van der Waals surface area (Å²) < 4.78 is 11.9. The number of ether oxygens (including phenoxy) is 2. The summed E-state index contributed by atoms with van der Waals surface area (Å²) in [5.41, 5.74) is 4.42. The molecule has 0 bridgehead atoms. The number of carbonyl (C=O) groups excluding carboxylic acids is 2. The van der Waals surface area contributed by atoms with Crippen LogP contribution in [0.2, 0.25) is 0 Å². The smallest absolute Gasteiger partial charge is 0.255 e. The molecule has 194 valence electrons. The number of Topliss-reactive ketones (excluding diaryl/α,β-unsaturated/α-hetero) is 1. The quantitative estimate of drug-likeness (QED) is 0.384. The highest BCUT2D eigenvalue weighted by Crippen LogP contribution is 2.48. The van der Waals surface area contributed by atoms with Crippen molar-refractivity contribution >= 4 is 33.4 Å². The highest BCUT2D eigenvalue weighted by Gasteiger charge is 2.42. The van der Waals surface area contributed by atoms with Gasteiger partial charge in [-0.15, -0.1) is 0 Å². The summed E-state index contributed by atoms with van der Waals surface area (Å²) in [7, 11) is 3.16. The summed E-state index contributed by atoms with van der Waals surface area (Å²) in [6.45, 7) is 1.87.